The third kappa shape index (κ3) is 2.27. The summed E-state index contributed by atoms with van der Waals surface area (Å²) in [7, 11) is -0.105. The Morgan fingerprint density at radius 3 is 2.52 bits per heavy atom. The molecule has 0 saturated heterocycles. The van der Waals surface area contributed by atoms with E-state index in [0.29, 0.717) is 5.69 Å². The van der Waals surface area contributed by atoms with Gasteiger partial charge in [0.25, 0.3) is 10.0 Å². The van der Waals surface area contributed by atoms with Crippen molar-refractivity contribution in [2.75, 3.05) is 11.4 Å². The highest BCUT2D eigenvalue weighted by Gasteiger charge is 2.21. The van der Waals surface area contributed by atoms with Crippen LogP contribution in [0.15, 0.2) is 59.8 Å². The Kier molecular flexibility index (Phi) is 3.17. The number of hydrogen-bond donors (Lipinski definition) is 0. The fourth-order valence-electron chi connectivity index (χ4n) is 2.21. The summed E-state index contributed by atoms with van der Waals surface area (Å²) in [5.41, 5.74) is 2.32. The van der Waals surface area contributed by atoms with E-state index < -0.39 is 10.0 Å². The average molecular weight is 301 g/mol. The maximum absolute atomic E-state index is 12.6. The largest absolute Gasteiger partial charge is 0.334 e. The minimum Gasteiger partial charge on any atom is -0.334 e. The van der Waals surface area contributed by atoms with E-state index in [0.717, 1.165) is 11.0 Å². The molecule has 0 aliphatic carbocycles. The first-order valence-corrected chi connectivity index (χ1v) is 7.89. The van der Waals surface area contributed by atoms with Gasteiger partial charge in [0.15, 0.2) is 0 Å². The molecule has 0 saturated carbocycles. The zero-order chi connectivity index (χ0) is 15.0. The summed E-state index contributed by atoms with van der Waals surface area (Å²) in [6.07, 6.45) is 1.71. The second-order valence-corrected chi connectivity index (χ2v) is 6.78. The predicted molar refractivity (Wildman–Crippen MR) is 82.7 cm³/mol. The summed E-state index contributed by atoms with van der Waals surface area (Å²) in [6, 6.07) is 13.8. The summed E-state index contributed by atoms with van der Waals surface area (Å²) in [4.78, 5) is 4.53. The molecular weight excluding hydrogens is 286 g/mol. The summed E-state index contributed by atoms with van der Waals surface area (Å²) in [5.74, 6) is 0. The zero-order valence-electron chi connectivity index (χ0n) is 11.8. The van der Waals surface area contributed by atoms with Crippen molar-refractivity contribution in [3.05, 3.63) is 54.9 Å². The van der Waals surface area contributed by atoms with Gasteiger partial charge in [-0.1, -0.05) is 18.2 Å². The van der Waals surface area contributed by atoms with Crippen LogP contribution in [0.4, 0.5) is 5.69 Å². The lowest BCUT2D eigenvalue weighted by Gasteiger charge is -2.19. The molecule has 0 N–H and O–H groups in total. The molecule has 0 unspecified atom stereocenters. The Balaban J connectivity index is 2.05. The summed E-state index contributed by atoms with van der Waals surface area (Å²) in [5, 5.41) is 0. The molecule has 1 aromatic heterocycles. The molecule has 21 heavy (non-hydrogen) atoms. The first kappa shape index (κ1) is 13.6. The Morgan fingerprint density at radius 1 is 1.10 bits per heavy atom. The van der Waals surface area contributed by atoms with Crippen LogP contribution in [0.25, 0.3) is 11.0 Å². The van der Waals surface area contributed by atoms with Gasteiger partial charge < -0.3 is 4.57 Å². The van der Waals surface area contributed by atoms with Gasteiger partial charge in [0.1, 0.15) is 0 Å². The molecule has 1 heterocycles. The first-order chi connectivity index (χ1) is 10.00. The normalized spacial score (nSPS) is 11.7. The smallest absolute Gasteiger partial charge is 0.264 e. The quantitative estimate of drug-likeness (QED) is 0.746. The highest BCUT2D eigenvalue weighted by atomic mass is 32.2. The van der Waals surface area contributed by atoms with Gasteiger partial charge >= 0.3 is 0 Å². The average Bonchev–Trinajstić information content (AvgIpc) is 2.88. The summed E-state index contributed by atoms with van der Waals surface area (Å²) < 4.78 is 28.3. The maximum atomic E-state index is 12.6. The molecule has 0 spiro atoms. The van der Waals surface area contributed by atoms with Crippen molar-refractivity contribution in [2.45, 2.75) is 4.90 Å². The van der Waals surface area contributed by atoms with Crippen LogP contribution < -0.4 is 4.31 Å². The van der Waals surface area contributed by atoms with Crippen LogP contribution in [0.3, 0.4) is 0 Å². The molecule has 5 nitrogen and oxygen atoms in total. The van der Waals surface area contributed by atoms with Gasteiger partial charge in [0.05, 0.1) is 27.9 Å². The van der Waals surface area contributed by atoms with E-state index in [9.17, 15) is 8.42 Å². The van der Waals surface area contributed by atoms with Crippen LogP contribution >= 0.6 is 0 Å². The fraction of sp³-hybridized carbons (Fsp3) is 0.133. The number of hydrogen-bond acceptors (Lipinski definition) is 3. The van der Waals surface area contributed by atoms with E-state index in [-0.39, 0.29) is 4.90 Å². The van der Waals surface area contributed by atoms with E-state index in [1.165, 1.54) is 4.31 Å². The number of aromatic nitrogens is 2. The number of sulfonamides is 1. The third-order valence-corrected chi connectivity index (χ3v) is 5.27. The monoisotopic (exact) mass is 301 g/mol. The summed E-state index contributed by atoms with van der Waals surface area (Å²) >= 11 is 0. The lowest BCUT2D eigenvalue weighted by atomic mass is 10.3. The van der Waals surface area contributed by atoms with Gasteiger partial charge in [-0.2, -0.15) is 0 Å². The molecule has 0 aliphatic rings. The zero-order valence-corrected chi connectivity index (χ0v) is 12.6. The van der Waals surface area contributed by atoms with E-state index in [1.807, 2.05) is 17.7 Å². The molecular formula is C15H15N3O2S. The lowest BCUT2D eigenvalue weighted by molar-refractivity contribution is 0.594. The van der Waals surface area contributed by atoms with Crippen LogP contribution in [-0.2, 0) is 17.1 Å². The number of fused-ring (bicyclic) bond motifs is 1. The van der Waals surface area contributed by atoms with E-state index in [2.05, 4.69) is 4.98 Å². The van der Waals surface area contributed by atoms with Crippen LogP contribution in [0.1, 0.15) is 0 Å². The standard InChI is InChI=1S/C15H15N3O2S/c1-17-11-16-14-10-12(8-9-15(14)17)18(2)21(19,20)13-6-4-3-5-7-13/h3-11H,1-2H3. The van der Waals surface area contributed by atoms with Crippen molar-refractivity contribution in [2.24, 2.45) is 7.05 Å². The molecule has 3 aromatic rings. The minimum atomic E-state index is -3.56. The Labute approximate surface area is 123 Å². The van der Waals surface area contributed by atoms with Crippen LogP contribution in [0.5, 0.6) is 0 Å². The van der Waals surface area contributed by atoms with Gasteiger partial charge in [-0.15, -0.1) is 0 Å². The topological polar surface area (TPSA) is 55.2 Å². The second kappa shape index (κ2) is 4.89. The van der Waals surface area contributed by atoms with Crippen molar-refractivity contribution >= 4 is 26.7 Å². The van der Waals surface area contributed by atoms with Crippen molar-refractivity contribution < 1.29 is 8.42 Å². The SMILES string of the molecule is CN(c1ccc2c(c1)ncn2C)S(=O)(=O)c1ccccc1. The number of aryl methyl sites for hydroxylation is 1. The Bertz CT molecular complexity index is 886. The van der Waals surface area contributed by atoms with E-state index in [1.54, 1.807) is 55.8 Å². The van der Waals surface area contributed by atoms with E-state index in [4.69, 9.17) is 0 Å². The van der Waals surface area contributed by atoms with Gasteiger partial charge in [-0.3, -0.25) is 4.31 Å². The van der Waals surface area contributed by atoms with Crippen molar-refractivity contribution in [1.29, 1.82) is 0 Å². The Hall–Kier alpha value is -2.34. The number of anilines is 1. The summed E-state index contributed by atoms with van der Waals surface area (Å²) in [6.45, 7) is 0. The van der Waals surface area contributed by atoms with Crippen molar-refractivity contribution in [1.82, 2.24) is 9.55 Å². The van der Waals surface area contributed by atoms with Crippen LogP contribution in [0, 0.1) is 0 Å². The highest BCUT2D eigenvalue weighted by molar-refractivity contribution is 7.92. The predicted octanol–water partition coefficient (Wildman–Crippen LogP) is 2.40. The van der Waals surface area contributed by atoms with Gasteiger partial charge in [-0.05, 0) is 30.3 Å². The molecule has 0 fully saturated rings. The molecule has 0 aliphatic heterocycles. The molecule has 0 bridgehead atoms. The third-order valence-electron chi connectivity index (χ3n) is 3.47. The number of benzene rings is 2. The lowest BCUT2D eigenvalue weighted by Crippen LogP contribution is -2.26. The maximum Gasteiger partial charge on any atom is 0.264 e. The molecule has 3 rings (SSSR count). The number of imidazole rings is 1. The molecule has 6 heteroatoms. The van der Waals surface area contributed by atoms with Gasteiger partial charge in [0, 0.05) is 14.1 Å². The van der Waals surface area contributed by atoms with Gasteiger partial charge in [-0.25, -0.2) is 13.4 Å². The highest BCUT2D eigenvalue weighted by Crippen LogP contribution is 2.25. The van der Waals surface area contributed by atoms with Crippen LogP contribution in [0.2, 0.25) is 0 Å². The van der Waals surface area contributed by atoms with Crippen molar-refractivity contribution in [3.63, 3.8) is 0 Å². The molecule has 0 amide bonds. The molecule has 0 atom stereocenters. The van der Waals surface area contributed by atoms with Gasteiger partial charge in [0.2, 0.25) is 0 Å². The van der Waals surface area contributed by atoms with Crippen molar-refractivity contribution in [3.8, 4) is 0 Å². The van der Waals surface area contributed by atoms with E-state index >= 15 is 0 Å². The van der Waals surface area contributed by atoms with Crippen LogP contribution in [-0.4, -0.2) is 25.0 Å². The second-order valence-electron chi connectivity index (χ2n) is 4.81. The molecule has 0 radical (unpaired) electrons. The number of rotatable bonds is 3. The first-order valence-electron chi connectivity index (χ1n) is 6.45. The Morgan fingerprint density at radius 2 is 1.81 bits per heavy atom. The number of nitrogens with zero attached hydrogens (tertiary/aromatic N) is 3. The fourth-order valence-corrected chi connectivity index (χ4v) is 3.42. The molecule has 108 valence electrons. The minimum absolute atomic E-state index is 0.272. The molecule has 2 aromatic carbocycles.